The van der Waals surface area contributed by atoms with Crippen LogP contribution in [0.5, 0.6) is 0 Å². The molecule has 3 N–H and O–H groups in total. The van der Waals surface area contributed by atoms with E-state index in [2.05, 4.69) is 15.6 Å². The highest BCUT2D eigenvalue weighted by molar-refractivity contribution is 6.14. The van der Waals surface area contributed by atoms with Gasteiger partial charge in [0.2, 0.25) is 5.91 Å². The highest BCUT2D eigenvalue weighted by Crippen LogP contribution is 2.30. The molecule has 8 heteroatoms. The molecule has 1 unspecified atom stereocenters. The van der Waals surface area contributed by atoms with Crippen molar-refractivity contribution in [3.8, 4) is 0 Å². The maximum Gasteiger partial charge on any atom is 0.257 e. The lowest BCUT2D eigenvalue weighted by Gasteiger charge is -2.20. The van der Waals surface area contributed by atoms with Crippen LogP contribution in [0.25, 0.3) is 10.8 Å². The number of fused-ring (bicyclic) bond motifs is 3. The third-order valence-electron chi connectivity index (χ3n) is 5.64. The van der Waals surface area contributed by atoms with Gasteiger partial charge in [0, 0.05) is 29.2 Å². The molecule has 2 aliphatic rings. The number of amides is 3. The fourth-order valence-corrected chi connectivity index (χ4v) is 4.16. The van der Waals surface area contributed by atoms with E-state index in [-0.39, 0.29) is 17.4 Å². The van der Waals surface area contributed by atoms with Crippen LogP contribution in [-0.4, -0.2) is 40.2 Å². The zero-order valence-corrected chi connectivity index (χ0v) is 15.9. The summed E-state index contributed by atoms with van der Waals surface area (Å²) < 4.78 is 0. The summed E-state index contributed by atoms with van der Waals surface area (Å²) in [6.07, 6.45) is 2.81. The molecule has 3 amide bonds. The Morgan fingerprint density at radius 3 is 2.70 bits per heavy atom. The fourth-order valence-electron chi connectivity index (χ4n) is 4.16. The lowest BCUT2D eigenvalue weighted by atomic mass is 10.1. The van der Waals surface area contributed by atoms with Gasteiger partial charge in [0.05, 0.1) is 16.8 Å². The summed E-state index contributed by atoms with van der Waals surface area (Å²) in [5, 5.41) is 6.56. The van der Waals surface area contributed by atoms with Gasteiger partial charge in [-0.1, -0.05) is 18.2 Å². The van der Waals surface area contributed by atoms with Crippen molar-refractivity contribution in [2.24, 2.45) is 0 Å². The number of H-pyrrole nitrogens is 1. The molecule has 0 aliphatic carbocycles. The minimum absolute atomic E-state index is 0.184. The summed E-state index contributed by atoms with van der Waals surface area (Å²) in [5.41, 5.74) is 1.26. The number of carbonyl (C=O) groups excluding carboxylic acids is 3. The van der Waals surface area contributed by atoms with Crippen LogP contribution in [0, 0.1) is 0 Å². The lowest BCUT2D eigenvalue weighted by Crippen LogP contribution is -2.40. The average Bonchev–Trinajstić information content (AvgIpc) is 3.21. The van der Waals surface area contributed by atoms with Crippen molar-refractivity contribution < 1.29 is 14.4 Å². The Bertz CT molecular complexity index is 1280. The predicted octanol–water partition coefficient (Wildman–Crippen LogP) is 2.34. The number of hydrogen-bond acceptors (Lipinski definition) is 4. The number of nitrogens with one attached hydrogen (secondary N) is 3. The molecule has 1 fully saturated rings. The van der Waals surface area contributed by atoms with Gasteiger partial charge in [0.1, 0.15) is 6.04 Å². The molecule has 3 heterocycles. The van der Waals surface area contributed by atoms with Gasteiger partial charge in [0.25, 0.3) is 17.4 Å². The maximum atomic E-state index is 13.0. The Morgan fingerprint density at radius 2 is 1.87 bits per heavy atom. The Kier molecular flexibility index (Phi) is 4.13. The molecule has 1 aromatic heterocycles. The van der Waals surface area contributed by atoms with Gasteiger partial charge in [-0.2, -0.15) is 0 Å². The summed E-state index contributed by atoms with van der Waals surface area (Å²) in [5.74, 6) is -0.820. The maximum absolute atomic E-state index is 13.0. The van der Waals surface area contributed by atoms with Crippen LogP contribution in [0.4, 0.5) is 11.4 Å². The SMILES string of the molecule is O=C(Nc1ccc2c(c1)C(=O)N1CCCC1C(=O)N2)c1c[nH]c(=O)c2ccccc12. The molecule has 5 rings (SSSR count). The van der Waals surface area contributed by atoms with Gasteiger partial charge in [-0.15, -0.1) is 0 Å². The highest BCUT2D eigenvalue weighted by atomic mass is 16.2. The van der Waals surface area contributed by atoms with Crippen molar-refractivity contribution >= 4 is 39.9 Å². The monoisotopic (exact) mass is 402 g/mol. The van der Waals surface area contributed by atoms with Crippen molar-refractivity contribution in [1.29, 1.82) is 0 Å². The summed E-state index contributed by atoms with van der Waals surface area (Å²) in [4.78, 5) is 54.4. The lowest BCUT2D eigenvalue weighted by molar-refractivity contribution is -0.119. The van der Waals surface area contributed by atoms with Crippen molar-refractivity contribution in [2.75, 3.05) is 17.2 Å². The van der Waals surface area contributed by atoms with Crippen LogP contribution in [0.3, 0.4) is 0 Å². The number of rotatable bonds is 2. The third-order valence-corrected chi connectivity index (χ3v) is 5.64. The van der Waals surface area contributed by atoms with Crippen LogP contribution in [-0.2, 0) is 4.79 Å². The van der Waals surface area contributed by atoms with Gasteiger partial charge < -0.3 is 20.5 Å². The Morgan fingerprint density at radius 1 is 1.07 bits per heavy atom. The van der Waals surface area contributed by atoms with Gasteiger partial charge in [0.15, 0.2) is 0 Å². The number of carbonyl (C=O) groups is 3. The number of hydrogen-bond donors (Lipinski definition) is 3. The minimum Gasteiger partial charge on any atom is -0.328 e. The first kappa shape index (κ1) is 18.1. The summed E-state index contributed by atoms with van der Waals surface area (Å²) in [7, 11) is 0. The number of aromatic nitrogens is 1. The molecule has 150 valence electrons. The number of pyridine rings is 1. The van der Waals surface area contributed by atoms with Crippen LogP contribution in [0.15, 0.2) is 53.5 Å². The Hall–Kier alpha value is -3.94. The summed E-state index contributed by atoms with van der Waals surface area (Å²) in [6.45, 7) is 0.538. The second-order valence-electron chi connectivity index (χ2n) is 7.44. The predicted molar refractivity (Wildman–Crippen MR) is 112 cm³/mol. The zero-order valence-electron chi connectivity index (χ0n) is 15.9. The molecule has 8 nitrogen and oxygen atoms in total. The number of anilines is 2. The largest absolute Gasteiger partial charge is 0.328 e. The van der Waals surface area contributed by atoms with E-state index < -0.39 is 11.9 Å². The van der Waals surface area contributed by atoms with Crippen LogP contribution >= 0.6 is 0 Å². The fraction of sp³-hybridized carbons (Fsp3) is 0.182. The topological polar surface area (TPSA) is 111 Å². The smallest absolute Gasteiger partial charge is 0.257 e. The van der Waals surface area contributed by atoms with Crippen LogP contribution in [0.2, 0.25) is 0 Å². The van der Waals surface area contributed by atoms with Gasteiger partial charge in [-0.25, -0.2) is 0 Å². The standard InChI is InChI=1S/C22H18N4O4/c27-19-14-5-2-1-4-13(14)16(11-23-19)20(28)24-12-7-8-17-15(10-12)22(30)26-9-3-6-18(26)21(29)25-17/h1-2,4-5,7-8,10-11,18H,3,6,9H2,(H,23,27)(H,24,28)(H,25,29). The summed E-state index contributed by atoms with van der Waals surface area (Å²) >= 11 is 0. The molecule has 2 aliphatic heterocycles. The van der Waals surface area contributed by atoms with Crippen LogP contribution < -0.4 is 16.2 Å². The molecule has 30 heavy (non-hydrogen) atoms. The molecule has 0 radical (unpaired) electrons. The van der Waals surface area contributed by atoms with E-state index in [1.54, 1.807) is 47.4 Å². The molecule has 1 atom stereocenters. The van der Waals surface area contributed by atoms with Crippen molar-refractivity contribution in [2.45, 2.75) is 18.9 Å². The third kappa shape index (κ3) is 2.85. The molecule has 0 saturated carbocycles. The van der Waals surface area contributed by atoms with Crippen LogP contribution in [0.1, 0.15) is 33.6 Å². The first-order valence-electron chi connectivity index (χ1n) is 9.70. The molecule has 1 saturated heterocycles. The Labute approximate surface area is 170 Å². The van der Waals surface area contributed by atoms with Gasteiger partial charge in [-0.05, 0) is 37.1 Å². The van der Waals surface area contributed by atoms with Crippen molar-refractivity contribution in [1.82, 2.24) is 9.88 Å². The Balaban J connectivity index is 1.49. The van der Waals surface area contributed by atoms with Crippen molar-refractivity contribution in [3.63, 3.8) is 0 Å². The molecule has 0 bridgehead atoms. The molecule has 2 aromatic carbocycles. The van der Waals surface area contributed by atoms with Gasteiger partial charge in [-0.3, -0.25) is 19.2 Å². The van der Waals surface area contributed by atoms with E-state index in [9.17, 15) is 19.2 Å². The number of nitrogens with zero attached hydrogens (tertiary/aromatic N) is 1. The number of benzene rings is 2. The van der Waals surface area contributed by atoms with Crippen molar-refractivity contribution in [3.05, 3.63) is 70.1 Å². The first-order chi connectivity index (χ1) is 14.5. The summed E-state index contributed by atoms with van der Waals surface area (Å²) in [6, 6.07) is 11.2. The van der Waals surface area contributed by atoms with Gasteiger partial charge >= 0.3 is 0 Å². The van der Waals surface area contributed by atoms with E-state index >= 15 is 0 Å². The normalized spacial score (nSPS) is 17.9. The molecule has 0 spiro atoms. The second-order valence-corrected chi connectivity index (χ2v) is 7.44. The highest BCUT2D eigenvalue weighted by Gasteiger charge is 2.38. The van der Waals surface area contributed by atoms with E-state index in [0.29, 0.717) is 46.2 Å². The zero-order chi connectivity index (χ0) is 20.8. The molecular formula is C22H18N4O4. The minimum atomic E-state index is -0.449. The van der Waals surface area contributed by atoms with E-state index in [1.165, 1.54) is 6.20 Å². The van der Waals surface area contributed by atoms with E-state index in [0.717, 1.165) is 6.42 Å². The first-order valence-corrected chi connectivity index (χ1v) is 9.70. The molecule has 3 aromatic rings. The average molecular weight is 402 g/mol. The van der Waals surface area contributed by atoms with E-state index in [1.807, 2.05) is 0 Å². The number of aromatic amines is 1. The quantitative estimate of drug-likeness (QED) is 0.611. The second kappa shape index (κ2) is 6.84. The molecular weight excluding hydrogens is 384 g/mol. The van der Waals surface area contributed by atoms with E-state index in [4.69, 9.17) is 0 Å².